The molecule has 0 radical (unpaired) electrons. The van der Waals surface area contributed by atoms with Gasteiger partial charge < -0.3 is 22.8 Å². The molecule has 2 unspecified atom stereocenters. The Hall–Kier alpha value is 0.0169. The van der Waals surface area contributed by atoms with Crippen molar-refractivity contribution < 1.29 is 22.8 Å². The van der Waals surface area contributed by atoms with Gasteiger partial charge in [-0.05, 0) is 33.6 Å². The van der Waals surface area contributed by atoms with Gasteiger partial charge in [0.2, 0.25) is 0 Å². The van der Waals surface area contributed by atoms with Crippen LogP contribution in [0, 0.1) is 0 Å². The molecule has 2 atom stereocenters. The molecule has 19 heavy (non-hydrogen) atoms. The van der Waals surface area contributed by atoms with Crippen molar-refractivity contribution >= 4 is 8.80 Å². The van der Waals surface area contributed by atoms with E-state index in [9.17, 15) is 0 Å². The van der Waals surface area contributed by atoms with Gasteiger partial charge in [-0.15, -0.1) is 0 Å². The highest BCUT2D eigenvalue weighted by Gasteiger charge is 2.35. The van der Waals surface area contributed by atoms with Crippen LogP contribution in [0.15, 0.2) is 0 Å². The molecule has 6 heteroatoms. The van der Waals surface area contributed by atoms with E-state index in [1.165, 1.54) is 0 Å². The van der Waals surface area contributed by atoms with Crippen LogP contribution in [0.3, 0.4) is 0 Å². The van der Waals surface area contributed by atoms with Crippen molar-refractivity contribution in [1.82, 2.24) is 0 Å². The lowest BCUT2D eigenvalue weighted by Gasteiger charge is -2.28. The number of rotatable bonds is 12. The van der Waals surface area contributed by atoms with E-state index in [4.69, 9.17) is 22.8 Å². The second kappa shape index (κ2) is 9.04. The Balaban J connectivity index is 2.10. The third-order valence-corrected chi connectivity index (χ3v) is 5.29. The van der Waals surface area contributed by atoms with Crippen molar-refractivity contribution in [3.05, 3.63) is 0 Å². The van der Waals surface area contributed by atoms with Crippen molar-refractivity contribution in [3.63, 3.8) is 0 Å². The van der Waals surface area contributed by atoms with Crippen LogP contribution in [0.2, 0.25) is 6.55 Å². The summed E-state index contributed by atoms with van der Waals surface area (Å²) in [5.41, 5.74) is 0. The van der Waals surface area contributed by atoms with Crippen LogP contribution < -0.4 is 0 Å². The SMILES string of the molecule is CCO[Si](C)(OCC)OC(C)CCCOCC1CO1. The normalized spacial score (nSPS) is 20.5. The van der Waals surface area contributed by atoms with Gasteiger partial charge in [0.15, 0.2) is 0 Å². The highest BCUT2D eigenvalue weighted by molar-refractivity contribution is 6.59. The molecule has 0 aliphatic carbocycles. The number of epoxide rings is 1. The summed E-state index contributed by atoms with van der Waals surface area (Å²) in [7, 11) is -2.45. The van der Waals surface area contributed by atoms with E-state index < -0.39 is 8.80 Å². The third-order valence-electron chi connectivity index (χ3n) is 2.83. The Labute approximate surface area is 117 Å². The maximum Gasteiger partial charge on any atom is 0.497 e. The fourth-order valence-electron chi connectivity index (χ4n) is 1.91. The molecule has 1 heterocycles. The molecule has 0 bridgehead atoms. The van der Waals surface area contributed by atoms with E-state index in [0.717, 1.165) is 32.7 Å². The van der Waals surface area contributed by atoms with E-state index in [-0.39, 0.29) is 6.10 Å². The third kappa shape index (κ3) is 8.01. The van der Waals surface area contributed by atoms with Crippen molar-refractivity contribution in [3.8, 4) is 0 Å². The molecule has 0 saturated carbocycles. The van der Waals surface area contributed by atoms with Crippen LogP contribution in [0.25, 0.3) is 0 Å². The van der Waals surface area contributed by atoms with Gasteiger partial charge in [-0.1, -0.05) is 0 Å². The van der Waals surface area contributed by atoms with E-state index in [1.807, 2.05) is 20.4 Å². The van der Waals surface area contributed by atoms with Crippen LogP contribution in [0.1, 0.15) is 33.6 Å². The topological polar surface area (TPSA) is 49.5 Å². The fraction of sp³-hybridized carbons (Fsp3) is 1.00. The van der Waals surface area contributed by atoms with E-state index in [2.05, 4.69) is 6.92 Å². The van der Waals surface area contributed by atoms with Crippen LogP contribution in [0.4, 0.5) is 0 Å². The van der Waals surface area contributed by atoms with Crippen molar-refractivity contribution in [2.75, 3.05) is 33.0 Å². The zero-order valence-corrected chi connectivity index (χ0v) is 13.6. The van der Waals surface area contributed by atoms with Crippen LogP contribution in [-0.4, -0.2) is 54.0 Å². The van der Waals surface area contributed by atoms with Gasteiger partial charge in [0.05, 0.1) is 13.2 Å². The molecule has 0 aromatic heterocycles. The predicted molar refractivity (Wildman–Crippen MR) is 75.2 cm³/mol. The lowest BCUT2D eigenvalue weighted by atomic mass is 10.2. The monoisotopic (exact) mass is 292 g/mol. The molecule has 1 aliphatic heterocycles. The van der Waals surface area contributed by atoms with Crippen LogP contribution in [-0.2, 0) is 22.8 Å². The first-order valence-corrected chi connectivity index (χ1v) is 9.47. The number of hydrogen-bond donors (Lipinski definition) is 0. The molecular weight excluding hydrogens is 264 g/mol. The molecule has 0 aromatic rings. The molecular formula is C13H28O5Si. The number of ether oxygens (including phenoxy) is 2. The molecule has 0 N–H and O–H groups in total. The lowest BCUT2D eigenvalue weighted by molar-refractivity contribution is 0.0358. The average molecular weight is 292 g/mol. The van der Waals surface area contributed by atoms with Crippen molar-refractivity contribution in [1.29, 1.82) is 0 Å². The van der Waals surface area contributed by atoms with Crippen molar-refractivity contribution in [2.45, 2.75) is 52.4 Å². The van der Waals surface area contributed by atoms with Gasteiger partial charge in [0, 0.05) is 32.5 Å². The lowest BCUT2D eigenvalue weighted by Crippen LogP contribution is -2.45. The minimum absolute atomic E-state index is 0.135. The summed E-state index contributed by atoms with van der Waals surface area (Å²) in [6.07, 6.45) is 2.42. The fourth-order valence-corrected chi connectivity index (χ4v) is 4.03. The van der Waals surface area contributed by atoms with Crippen LogP contribution >= 0.6 is 0 Å². The van der Waals surface area contributed by atoms with Gasteiger partial charge in [0.1, 0.15) is 6.10 Å². The van der Waals surface area contributed by atoms with Gasteiger partial charge >= 0.3 is 8.80 Å². The second-order valence-corrected chi connectivity index (χ2v) is 7.37. The molecule has 114 valence electrons. The Morgan fingerprint density at radius 3 is 2.42 bits per heavy atom. The summed E-state index contributed by atoms with van der Waals surface area (Å²) in [5.74, 6) is 0. The molecule has 5 nitrogen and oxygen atoms in total. The zero-order valence-electron chi connectivity index (χ0n) is 12.6. The largest absolute Gasteiger partial charge is 0.497 e. The summed E-state index contributed by atoms with van der Waals surface area (Å²) in [6, 6.07) is 0. The second-order valence-electron chi connectivity index (χ2n) is 4.83. The molecule has 1 aliphatic rings. The first kappa shape index (κ1) is 17.1. The Morgan fingerprint density at radius 1 is 1.26 bits per heavy atom. The highest BCUT2D eigenvalue weighted by atomic mass is 28.4. The quantitative estimate of drug-likeness (QED) is 0.314. The minimum Gasteiger partial charge on any atom is -0.379 e. The Kier molecular flexibility index (Phi) is 8.13. The maximum atomic E-state index is 5.97. The minimum atomic E-state index is -2.45. The smallest absolute Gasteiger partial charge is 0.379 e. The Bertz CT molecular complexity index is 229. The molecule has 0 amide bonds. The summed E-state index contributed by atoms with van der Waals surface area (Å²) >= 11 is 0. The predicted octanol–water partition coefficient (Wildman–Crippen LogP) is 2.23. The highest BCUT2D eigenvalue weighted by Crippen LogP contribution is 2.15. The number of hydrogen-bond acceptors (Lipinski definition) is 5. The molecule has 1 fully saturated rings. The first-order chi connectivity index (χ1) is 9.09. The van der Waals surface area contributed by atoms with Gasteiger partial charge in [-0.25, -0.2) is 0 Å². The Morgan fingerprint density at radius 2 is 1.89 bits per heavy atom. The van der Waals surface area contributed by atoms with E-state index in [0.29, 0.717) is 19.3 Å². The standard InChI is InChI=1S/C13H28O5Si/c1-5-16-19(4,17-6-2)18-12(3)8-7-9-14-10-13-11-15-13/h12-13H,5-11H2,1-4H3. The zero-order chi connectivity index (χ0) is 14.1. The van der Waals surface area contributed by atoms with E-state index in [1.54, 1.807) is 0 Å². The molecule has 0 spiro atoms. The van der Waals surface area contributed by atoms with Gasteiger partial charge in [0.25, 0.3) is 0 Å². The van der Waals surface area contributed by atoms with Gasteiger partial charge in [-0.2, -0.15) is 0 Å². The summed E-state index contributed by atoms with van der Waals surface area (Å²) in [6.45, 7) is 11.5. The molecule has 0 aromatic carbocycles. The first-order valence-electron chi connectivity index (χ1n) is 7.24. The summed E-state index contributed by atoms with van der Waals surface area (Å²) in [4.78, 5) is 0. The van der Waals surface area contributed by atoms with Crippen molar-refractivity contribution in [2.24, 2.45) is 0 Å². The van der Waals surface area contributed by atoms with Crippen LogP contribution in [0.5, 0.6) is 0 Å². The summed E-state index contributed by atoms with van der Waals surface area (Å²) < 4.78 is 27.9. The maximum absolute atomic E-state index is 5.97. The molecule has 1 saturated heterocycles. The molecule has 1 rings (SSSR count). The average Bonchev–Trinajstić information content (AvgIpc) is 3.12. The van der Waals surface area contributed by atoms with Gasteiger partial charge in [-0.3, -0.25) is 0 Å². The summed E-state index contributed by atoms with van der Waals surface area (Å²) in [5, 5.41) is 0. The van der Waals surface area contributed by atoms with E-state index >= 15 is 0 Å².